The van der Waals surface area contributed by atoms with Crippen LogP contribution in [0.3, 0.4) is 0 Å². The summed E-state index contributed by atoms with van der Waals surface area (Å²) >= 11 is 3.84. The first-order chi connectivity index (χ1) is 10.6. The summed E-state index contributed by atoms with van der Waals surface area (Å²) in [6.45, 7) is 2.00. The summed E-state index contributed by atoms with van der Waals surface area (Å²) in [5.41, 5.74) is 1.73. The second kappa shape index (κ2) is 8.48. The third-order valence-corrected chi connectivity index (χ3v) is 6.62. The number of hydrogen-bond donors (Lipinski definition) is 2. The fourth-order valence-electron chi connectivity index (χ4n) is 2.25. The van der Waals surface area contributed by atoms with Crippen LogP contribution in [0.2, 0.25) is 0 Å². The monoisotopic (exact) mass is 339 g/mol. The van der Waals surface area contributed by atoms with Gasteiger partial charge in [0.2, 0.25) is 0 Å². The zero-order valence-electron chi connectivity index (χ0n) is 12.6. The average molecular weight is 339 g/mol. The second-order valence-electron chi connectivity index (χ2n) is 5.20. The average Bonchev–Trinajstić information content (AvgIpc) is 3.05. The number of amides is 1. The van der Waals surface area contributed by atoms with Crippen LogP contribution in [-0.2, 0) is 4.79 Å². The molecule has 2 rings (SSSR count). The van der Waals surface area contributed by atoms with E-state index in [1.165, 1.54) is 5.56 Å². The normalized spacial score (nSPS) is 16.4. The number of aliphatic carboxylic acids is 1. The van der Waals surface area contributed by atoms with Crippen molar-refractivity contribution in [1.82, 2.24) is 5.32 Å². The van der Waals surface area contributed by atoms with Crippen molar-refractivity contribution < 1.29 is 14.7 Å². The number of carbonyl (C=O) groups excluding carboxylic acids is 1. The van der Waals surface area contributed by atoms with E-state index in [1.807, 2.05) is 42.6 Å². The number of hydrogen-bond acceptors (Lipinski definition) is 4. The van der Waals surface area contributed by atoms with Crippen LogP contribution in [0.5, 0.6) is 0 Å². The van der Waals surface area contributed by atoms with Gasteiger partial charge >= 0.3 is 5.97 Å². The Balaban J connectivity index is 1.97. The fraction of sp³-hybridized carbons (Fsp3) is 0.500. The fourth-order valence-corrected chi connectivity index (χ4v) is 5.11. The lowest BCUT2D eigenvalue weighted by molar-refractivity contribution is -0.139. The Bertz CT molecular complexity index is 513. The molecule has 0 aliphatic carbocycles. The number of carbonyl (C=O) groups is 2. The molecule has 1 atom stereocenters. The summed E-state index contributed by atoms with van der Waals surface area (Å²) in [5, 5.41) is 11.8. The molecule has 1 aliphatic heterocycles. The number of carboxylic acid groups (broad SMARTS) is 1. The predicted molar refractivity (Wildman–Crippen MR) is 92.5 cm³/mol. The van der Waals surface area contributed by atoms with E-state index in [2.05, 4.69) is 5.32 Å². The van der Waals surface area contributed by atoms with Crippen LogP contribution < -0.4 is 5.32 Å². The molecule has 1 saturated heterocycles. The van der Waals surface area contributed by atoms with E-state index in [9.17, 15) is 9.59 Å². The minimum Gasteiger partial charge on any atom is -0.480 e. The lowest BCUT2D eigenvalue weighted by Crippen LogP contribution is -2.40. The predicted octanol–water partition coefficient (Wildman–Crippen LogP) is 3.54. The van der Waals surface area contributed by atoms with Crippen LogP contribution in [0.25, 0.3) is 0 Å². The van der Waals surface area contributed by atoms with Crippen molar-refractivity contribution in [3.63, 3.8) is 0 Å². The molecule has 1 amide bonds. The Labute approximate surface area is 139 Å². The summed E-state index contributed by atoms with van der Waals surface area (Å²) in [4.78, 5) is 23.4. The van der Waals surface area contributed by atoms with Crippen molar-refractivity contribution in [3.8, 4) is 0 Å². The van der Waals surface area contributed by atoms with E-state index >= 15 is 0 Å². The van der Waals surface area contributed by atoms with Gasteiger partial charge in [0.05, 0.1) is 4.58 Å². The Morgan fingerprint density at radius 3 is 2.45 bits per heavy atom. The highest BCUT2D eigenvalue weighted by Gasteiger charge is 2.21. The van der Waals surface area contributed by atoms with Gasteiger partial charge in [0.15, 0.2) is 0 Å². The quantitative estimate of drug-likeness (QED) is 0.795. The zero-order chi connectivity index (χ0) is 15.9. The standard InChI is InChI=1S/C16H21NO3S2/c1-2-3-4-13(15(19)20)17-14(18)11-5-7-12(8-6-11)16-21-9-10-22-16/h5-8,13,16H,2-4,9-10H2,1H3,(H,17,18)(H,19,20)/t13-/m0/s1. The Morgan fingerprint density at radius 2 is 1.91 bits per heavy atom. The van der Waals surface area contributed by atoms with Crippen LogP contribution in [0.15, 0.2) is 24.3 Å². The molecule has 4 nitrogen and oxygen atoms in total. The Hall–Kier alpha value is -1.14. The van der Waals surface area contributed by atoms with Crippen molar-refractivity contribution >= 4 is 35.4 Å². The molecule has 120 valence electrons. The van der Waals surface area contributed by atoms with Gasteiger partial charge in [-0.2, -0.15) is 0 Å². The molecular formula is C16H21NO3S2. The summed E-state index contributed by atoms with van der Waals surface area (Å²) in [6.07, 6.45) is 2.16. The maximum absolute atomic E-state index is 12.2. The molecule has 1 aliphatic rings. The summed E-state index contributed by atoms with van der Waals surface area (Å²) in [7, 11) is 0. The zero-order valence-corrected chi connectivity index (χ0v) is 14.2. The largest absolute Gasteiger partial charge is 0.480 e. The van der Waals surface area contributed by atoms with Gasteiger partial charge in [0.1, 0.15) is 6.04 Å². The van der Waals surface area contributed by atoms with Crippen LogP contribution in [0, 0.1) is 0 Å². The third kappa shape index (κ3) is 4.68. The molecule has 0 bridgehead atoms. The maximum atomic E-state index is 12.2. The molecule has 2 N–H and O–H groups in total. The molecule has 0 spiro atoms. The number of rotatable bonds is 7. The SMILES string of the molecule is CCCC[C@H](NC(=O)c1ccc(C2SCCS2)cc1)C(=O)O. The maximum Gasteiger partial charge on any atom is 0.326 e. The smallest absolute Gasteiger partial charge is 0.326 e. The van der Waals surface area contributed by atoms with Gasteiger partial charge in [0, 0.05) is 17.1 Å². The lowest BCUT2D eigenvalue weighted by atomic mass is 10.1. The van der Waals surface area contributed by atoms with Gasteiger partial charge < -0.3 is 10.4 Å². The highest BCUT2D eigenvalue weighted by Crippen LogP contribution is 2.45. The van der Waals surface area contributed by atoms with Crippen molar-refractivity contribution in [2.75, 3.05) is 11.5 Å². The van der Waals surface area contributed by atoms with Crippen LogP contribution in [0.1, 0.15) is 46.7 Å². The molecule has 1 heterocycles. The molecule has 0 radical (unpaired) electrons. The van der Waals surface area contributed by atoms with Gasteiger partial charge in [-0.1, -0.05) is 31.9 Å². The number of carboxylic acids is 1. The van der Waals surface area contributed by atoms with Crippen molar-refractivity contribution in [1.29, 1.82) is 0 Å². The molecule has 22 heavy (non-hydrogen) atoms. The second-order valence-corrected chi connectivity index (χ2v) is 7.93. The Morgan fingerprint density at radius 1 is 1.27 bits per heavy atom. The highest BCUT2D eigenvalue weighted by molar-refractivity contribution is 8.19. The first-order valence-corrected chi connectivity index (χ1v) is 9.58. The van der Waals surface area contributed by atoms with E-state index < -0.39 is 12.0 Å². The molecule has 6 heteroatoms. The van der Waals surface area contributed by atoms with Crippen LogP contribution in [0.4, 0.5) is 0 Å². The topological polar surface area (TPSA) is 66.4 Å². The third-order valence-electron chi connectivity index (χ3n) is 3.52. The molecule has 0 saturated carbocycles. The molecular weight excluding hydrogens is 318 g/mol. The number of thioether (sulfide) groups is 2. The van der Waals surface area contributed by atoms with E-state index in [-0.39, 0.29) is 5.91 Å². The van der Waals surface area contributed by atoms with Crippen LogP contribution in [-0.4, -0.2) is 34.5 Å². The van der Waals surface area contributed by atoms with E-state index in [4.69, 9.17) is 5.11 Å². The lowest BCUT2D eigenvalue weighted by Gasteiger charge is -2.14. The van der Waals surface area contributed by atoms with E-state index in [0.717, 1.165) is 24.3 Å². The van der Waals surface area contributed by atoms with Gasteiger partial charge in [-0.05, 0) is 24.1 Å². The van der Waals surface area contributed by atoms with Gasteiger partial charge in [-0.15, -0.1) is 23.5 Å². The molecule has 0 aromatic heterocycles. The van der Waals surface area contributed by atoms with E-state index in [0.29, 0.717) is 16.6 Å². The number of benzene rings is 1. The first-order valence-electron chi connectivity index (χ1n) is 7.48. The summed E-state index contributed by atoms with van der Waals surface area (Å²) < 4.78 is 0.452. The van der Waals surface area contributed by atoms with E-state index in [1.54, 1.807) is 12.1 Å². The number of nitrogens with one attached hydrogen (secondary N) is 1. The van der Waals surface area contributed by atoms with Crippen molar-refractivity contribution in [3.05, 3.63) is 35.4 Å². The van der Waals surface area contributed by atoms with Crippen LogP contribution >= 0.6 is 23.5 Å². The van der Waals surface area contributed by atoms with Crippen molar-refractivity contribution in [2.24, 2.45) is 0 Å². The van der Waals surface area contributed by atoms with Gasteiger partial charge in [-0.25, -0.2) is 4.79 Å². The summed E-state index contributed by atoms with van der Waals surface area (Å²) in [6, 6.07) is 6.68. The Kier molecular flexibility index (Phi) is 6.64. The molecule has 1 aromatic carbocycles. The number of unbranched alkanes of at least 4 members (excludes halogenated alkanes) is 1. The summed E-state index contributed by atoms with van der Waals surface area (Å²) in [5.74, 6) is 1.03. The van der Waals surface area contributed by atoms with Gasteiger partial charge in [0.25, 0.3) is 5.91 Å². The minimum absolute atomic E-state index is 0.318. The first kappa shape index (κ1) is 17.2. The highest BCUT2D eigenvalue weighted by atomic mass is 32.2. The van der Waals surface area contributed by atoms with Crippen molar-refractivity contribution in [2.45, 2.75) is 36.8 Å². The molecule has 1 fully saturated rings. The minimum atomic E-state index is -0.975. The molecule has 0 unspecified atom stereocenters. The molecule has 1 aromatic rings. The van der Waals surface area contributed by atoms with Gasteiger partial charge in [-0.3, -0.25) is 4.79 Å².